The van der Waals surface area contributed by atoms with Gasteiger partial charge >= 0.3 is 11.9 Å². The predicted molar refractivity (Wildman–Crippen MR) is 67.5 cm³/mol. The molecule has 0 aliphatic carbocycles. The molecule has 0 saturated heterocycles. The van der Waals surface area contributed by atoms with Gasteiger partial charge in [0, 0.05) is 12.8 Å². The second kappa shape index (κ2) is 7.48. The van der Waals surface area contributed by atoms with E-state index in [1.165, 1.54) is 0 Å². The van der Waals surface area contributed by atoms with Crippen molar-refractivity contribution in [3.8, 4) is 0 Å². The van der Waals surface area contributed by atoms with Gasteiger partial charge in [-0.1, -0.05) is 30.3 Å². The van der Waals surface area contributed by atoms with Crippen LogP contribution in [0.4, 0.5) is 0 Å². The van der Waals surface area contributed by atoms with Crippen LogP contribution in [0.1, 0.15) is 43.6 Å². The molecule has 0 amide bonds. The van der Waals surface area contributed by atoms with E-state index in [-0.39, 0.29) is 18.8 Å². The van der Waals surface area contributed by atoms with E-state index in [0.29, 0.717) is 19.3 Å². The number of hydrogen-bond donors (Lipinski definition) is 2. The third-order valence-electron chi connectivity index (χ3n) is 2.92. The van der Waals surface area contributed by atoms with Crippen LogP contribution < -0.4 is 0 Å². The molecule has 0 spiro atoms. The Morgan fingerprint density at radius 3 is 2.11 bits per heavy atom. The third kappa shape index (κ3) is 5.48. The van der Waals surface area contributed by atoms with Crippen LogP contribution in [0, 0.1) is 0 Å². The van der Waals surface area contributed by atoms with Gasteiger partial charge in [0.15, 0.2) is 0 Å². The molecular weight excluding hydrogens is 232 g/mol. The Bertz CT molecular complexity index is 386. The molecule has 0 fully saturated rings. The summed E-state index contributed by atoms with van der Waals surface area (Å²) in [6.07, 6.45) is 2.10. The molecule has 0 radical (unpaired) electrons. The van der Waals surface area contributed by atoms with E-state index >= 15 is 0 Å². The van der Waals surface area contributed by atoms with Crippen molar-refractivity contribution < 1.29 is 19.8 Å². The smallest absolute Gasteiger partial charge is 0.303 e. The van der Waals surface area contributed by atoms with Crippen LogP contribution in [0.5, 0.6) is 0 Å². The molecule has 0 bridgehead atoms. The number of benzene rings is 1. The van der Waals surface area contributed by atoms with E-state index in [1.807, 2.05) is 30.3 Å². The molecule has 0 aliphatic rings. The number of carboxylic acid groups (broad SMARTS) is 2. The summed E-state index contributed by atoms with van der Waals surface area (Å²) < 4.78 is 0. The second-order valence-electron chi connectivity index (χ2n) is 4.33. The first kappa shape index (κ1) is 14.2. The highest BCUT2D eigenvalue weighted by Gasteiger charge is 2.13. The van der Waals surface area contributed by atoms with Gasteiger partial charge in [-0.15, -0.1) is 0 Å². The van der Waals surface area contributed by atoms with Crippen molar-refractivity contribution >= 4 is 11.9 Å². The van der Waals surface area contributed by atoms with Gasteiger partial charge in [-0.2, -0.15) is 0 Å². The summed E-state index contributed by atoms with van der Waals surface area (Å²) in [6, 6.07) is 9.68. The lowest BCUT2D eigenvalue weighted by Crippen LogP contribution is -2.05. The molecule has 1 rings (SSSR count). The molecule has 0 heterocycles. The third-order valence-corrected chi connectivity index (χ3v) is 2.92. The van der Waals surface area contributed by atoms with Crippen molar-refractivity contribution in [3.05, 3.63) is 35.9 Å². The van der Waals surface area contributed by atoms with Gasteiger partial charge in [-0.25, -0.2) is 0 Å². The first-order valence-electron chi connectivity index (χ1n) is 6.08. The minimum Gasteiger partial charge on any atom is -0.481 e. The summed E-state index contributed by atoms with van der Waals surface area (Å²) in [5, 5.41) is 17.3. The lowest BCUT2D eigenvalue weighted by Gasteiger charge is -2.15. The van der Waals surface area contributed by atoms with E-state index in [9.17, 15) is 9.59 Å². The van der Waals surface area contributed by atoms with E-state index < -0.39 is 11.9 Å². The summed E-state index contributed by atoms with van der Waals surface area (Å²) in [7, 11) is 0. The lowest BCUT2D eigenvalue weighted by molar-refractivity contribution is -0.138. The van der Waals surface area contributed by atoms with Crippen LogP contribution in [0.3, 0.4) is 0 Å². The maximum Gasteiger partial charge on any atom is 0.303 e. The topological polar surface area (TPSA) is 74.6 Å². The Morgan fingerprint density at radius 1 is 0.944 bits per heavy atom. The number of hydrogen-bond acceptors (Lipinski definition) is 2. The minimum absolute atomic E-state index is 0.118. The first-order chi connectivity index (χ1) is 8.59. The van der Waals surface area contributed by atoms with Gasteiger partial charge in [0.05, 0.1) is 0 Å². The van der Waals surface area contributed by atoms with Crippen LogP contribution in [-0.4, -0.2) is 22.2 Å². The number of carboxylic acids is 2. The zero-order chi connectivity index (χ0) is 13.4. The second-order valence-corrected chi connectivity index (χ2v) is 4.33. The van der Waals surface area contributed by atoms with E-state index in [4.69, 9.17) is 10.2 Å². The van der Waals surface area contributed by atoms with Crippen LogP contribution >= 0.6 is 0 Å². The maximum absolute atomic E-state index is 10.6. The van der Waals surface area contributed by atoms with Crippen LogP contribution in [-0.2, 0) is 9.59 Å². The fourth-order valence-corrected chi connectivity index (χ4v) is 2.00. The Balaban J connectivity index is 2.57. The summed E-state index contributed by atoms with van der Waals surface area (Å²) in [6.45, 7) is 0. The zero-order valence-corrected chi connectivity index (χ0v) is 10.2. The molecule has 98 valence electrons. The molecule has 18 heavy (non-hydrogen) atoms. The lowest BCUT2D eigenvalue weighted by atomic mass is 9.89. The SMILES string of the molecule is O=C(O)CCCC(CCC(=O)O)c1ccccc1. The largest absolute Gasteiger partial charge is 0.481 e. The zero-order valence-electron chi connectivity index (χ0n) is 10.2. The fourth-order valence-electron chi connectivity index (χ4n) is 2.00. The van der Waals surface area contributed by atoms with Gasteiger partial charge in [-0.3, -0.25) is 9.59 Å². The van der Waals surface area contributed by atoms with Crippen LogP contribution in [0.15, 0.2) is 30.3 Å². The highest BCUT2D eigenvalue weighted by molar-refractivity contribution is 5.67. The molecule has 4 heteroatoms. The van der Waals surface area contributed by atoms with E-state index in [2.05, 4.69) is 0 Å². The number of carbonyl (C=O) groups is 2. The highest BCUT2D eigenvalue weighted by atomic mass is 16.4. The Labute approximate surface area is 106 Å². The molecule has 1 atom stereocenters. The maximum atomic E-state index is 10.6. The Kier molecular flexibility index (Phi) is 5.91. The van der Waals surface area contributed by atoms with Crippen molar-refractivity contribution in [1.29, 1.82) is 0 Å². The molecule has 1 unspecified atom stereocenters. The molecule has 1 aromatic carbocycles. The average Bonchev–Trinajstić information content (AvgIpc) is 2.34. The van der Waals surface area contributed by atoms with Gasteiger partial charge in [0.1, 0.15) is 0 Å². The van der Waals surface area contributed by atoms with Crippen molar-refractivity contribution in [2.45, 2.75) is 38.0 Å². The molecular formula is C14H18O4. The predicted octanol–water partition coefficient (Wildman–Crippen LogP) is 2.89. The Hall–Kier alpha value is -1.84. The summed E-state index contributed by atoms with van der Waals surface area (Å²) in [5.41, 5.74) is 1.09. The number of rotatable bonds is 8. The van der Waals surface area contributed by atoms with Gasteiger partial charge < -0.3 is 10.2 Å². The minimum atomic E-state index is -0.811. The summed E-state index contributed by atoms with van der Waals surface area (Å²) in [4.78, 5) is 21.1. The molecule has 0 aliphatic heterocycles. The van der Waals surface area contributed by atoms with Gasteiger partial charge in [-0.05, 0) is 30.7 Å². The monoisotopic (exact) mass is 250 g/mol. The highest BCUT2D eigenvalue weighted by Crippen LogP contribution is 2.26. The quantitative estimate of drug-likeness (QED) is 0.744. The Morgan fingerprint density at radius 2 is 1.56 bits per heavy atom. The van der Waals surface area contributed by atoms with Crippen molar-refractivity contribution in [2.75, 3.05) is 0 Å². The molecule has 2 N–H and O–H groups in total. The standard InChI is InChI=1S/C14H18O4/c15-13(16)8-4-7-12(9-10-14(17)18)11-5-2-1-3-6-11/h1-3,5-6,12H,4,7-10H2,(H,15,16)(H,17,18). The summed E-state index contributed by atoms with van der Waals surface area (Å²) in [5.74, 6) is -1.49. The van der Waals surface area contributed by atoms with Crippen LogP contribution in [0.25, 0.3) is 0 Å². The number of aliphatic carboxylic acids is 2. The van der Waals surface area contributed by atoms with Gasteiger partial charge in [0.2, 0.25) is 0 Å². The summed E-state index contributed by atoms with van der Waals surface area (Å²) >= 11 is 0. The van der Waals surface area contributed by atoms with E-state index in [1.54, 1.807) is 0 Å². The van der Waals surface area contributed by atoms with Crippen molar-refractivity contribution in [1.82, 2.24) is 0 Å². The molecule has 4 nitrogen and oxygen atoms in total. The molecule has 0 saturated carbocycles. The first-order valence-corrected chi connectivity index (χ1v) is 6.08. The average molecular weight is 250 g/mol. The van der Waals surface area contributed by atoms with E-state index in [0.717, 1.165) is 5.56 Å². The fraction of sp³-hybridized carbons (Fsp3) is 0.429. The van der Waals surface area contributed by atoms with Crippen LogP contribution in [0.2, 0.25) is 0 Å². The normalized spacial score (nSPS) is 12.0. The van der Waals surface area contributed by atoms with Gasteiger partial charge in [0.25, 0.3) is 0 Å². The molecule has 1 aromatic rings. The van der Waals surface area contributed by atoms with Crippen molar-refractivity contribution in [3.63, 3.8) is 0 Å². The van der Waals surface area contributed by atoms with Crippen molar-refractivity contribution in [2.24, 2.45) is 0 Å². The molecule has 0 aromatic heterocycles.